The standard InChI is InChI=1S/C15H20N4/c1-13-2-4-14(5-3-13)6-16-15-7-17-10-18(8-15)12-19(9-15)11-17/h2-6H,7-12H2,1H3. The van der Waals surface area contributed by atoms with Crippen molar-refractivity contribution in [2.45, 2.75) is 12.5 Å². The third kappa shape index (κ3) is 2.10. The van der Waals surface area contributed by atoms with Gasteiger partial charge in [-0.25, -0.2) is 0 Å². The maximum atomic E-state index is 4.97. The molecule has 0 N–H and O–H groups in total. The van der Waals surface area contributed by atoms with Crippen LogP contribution in [0.3, 0.4) is 0 Å². The molecule has 4 saturated heterocycles. The molecule has 0 atom stereocenters. The lowest BCUT2D eigenvalue weighted by molar-refractivity contribution is -0.139. The number of rotatable bonds is 2. The molecule has 4 aliphatic rings. The van der Waals surface area contributed by atoms with Gasteiger partial charge in [-0.1, -0.05) is 29.8 Å². The van der Waals surface area contributed by atoms with Crippen molar-refractivity contribution in [3.05, 3.63) is 35.4 Å². The fourth-order valence-electron chi connectivity index (χ4n) is 3.67. The topological polar surface area (TPSA) is 22.1 Å². The van der Waals surface area contributed by atoms with Crippen molar-refractivity contribution in [2.75, 3.05) is 39.6 Å². The van der Waals surface area contributed by atoms with Gasteiger partial charge in [0.05, 0.1) is 25.5 Å². The van der Waals surface area contributed by atoms with Gasteiger partial charge in [-0.2, -0.15) is 0 Å². The summed E-state index contributed by atoms with van der Waals surface area (Å²) in [5, 5.41) is 0. The molecule has 0 aromatic heterocycles. The van der Waals surface area contributed by atoms with E-state index in [1.165, 1.54) is 11.1 Å². The van der Waals surface area contributed by atoms with E-state index in [9.17, 15) is 0 Å². The highest BCUT2D eigenvalue weighted by molar-refractivity contribution is 5.80. The lowest BCUT2D eigenvalue weighted by Gasteiger charge is -2.59. The van der Waals surface area contributed by atoms with Crippen molar-refractivity contribution in [3.8, 4) is 0 Å². The normalized spacial score (nSPS) is 40.2. The van der Waals surface area contributed by atoms with Crippen LogP contribution >= 0.6 is 0 Å². The summed E-state index contributed by atoms with van der Waals surface area (Å²) in [5.74, 6) is 0. The van der Waals surface area contributed by atoms with Crippen LogP contribution in [0.15, 0.2) is 29.3 Å². The molecule has 4 nitrogen and oxygen atoms in total. The Balaban J connectivity index is 1.57. The second-order valence-corrected chi connectivity index (χ2v) is 6.30. The predicted molar refractivity (Wildman–Crippen MR) is 76.2 cm³/mol. The Morgan fingerprint density at radius 2 is 1.47 bits per heavy atom. The SMILES string of the molecule is Cc1ccc(C=NC23CN4CN(CN(C4)C2)C3)cc1. The second-order valence-electron chi connectivity index (χ2n) is 6.30. The fraction of sp³-hybridized carbons (Fsp3) is 0.533. The Labute approximate surface area is 114 Å². The minimum atomic E-state index is 0.0969. The van der Waals surface area contributed by atoms with Crippen LogP contribution in [0.2, 0.25) is 0 Å². The maximum Gasteiger partial charge on any atom is 0.0989 e. The molecule has 4 heteroatoms. The molecule has 4 bridgehead atoms. The highest BCUT2D eigenvalue weighted by atomic mass is 15.6. The van der Waals surface area contributed by atoms with E-state index in [0.29, 0.717) is 0 Å². The van der Waals surface area contributed by atoms with Gasteiger partial charge in [0.15, 0.2) is 0 Å². The average Bonchev–Trinajstić information content (AvgIpc) is 2.36. The van der Waals surface area contributed by atoms with Gasteiger partial charge in [-0.05, 0) is 12.5 Å². The highest BCUT2D eigenvalue weighted by Crippen LogP contribution is 2.31. The highest BCUT2D eigenvalue weighted by Gasteiger charge is 2.48. The molecule has 4 aliphatic heterocycles. The predicted octanol–water partition coefficient (Wildman–Crippen LogP) is 0.972. The smallest absolute Gasteiger partial charge is 0.0989 e. The van der Waals surface area contributed by atoms with Crippen LogP contribution in [0.4, 0.5) is 0 Å². The van der Waals surface area contributed by atoms with Gasteiger partial charge >= 0.3 is 0 Å². The first-order chi connectivity index (χ1) is 9.21. The number of benzene rings is 1. The molecule has 0 aliphatic carbocycles. The second kappa shape index (κ2) is 4.13. The minimum Gasteiger partial charge on any atom is -0.282 e. The zero-order chi connectivity index (χ0) is 12.9. The van der Waals surface area contributed by atoms with Crippen molar-refractivity contribution < 1.29 is 0 Å². The van der Waals surface area contributed by atoms with Crippen molar-refractivity contribution in [1.29, 1.82) is 0 Å². The zero-order valence-electron chi connectivity index (χ0n) is 11.4. The Morgan fingerprint density at radius 3 is 2.00 bits per heavy atom. The molecule has 5 rings (SSSR count). The van der Waals surface area contributed by atoms with E-state index in [4.69, 9.17) is 4.99 Å². The third-order valence-electron chi connectivity index (χ3n) is 4.32. The van der Waals surface area contributed by atoms with E-state index in [0.717, 1.165) is 39.6 Å². The first-order valence-electron chi connectivity index (χ1n) is 7.00. The molecular weight excluding hydrogens is 236 g/mol. The van der Waals surface area contributed by atoms with Gasteiger partial charge < -0.3 is 0 Å². The van der Waals surface area contributed by atoms with Gasteiger partial charge in [0.2, 0.25) is 0 Å². The van der Waals surface area contributed by atoms with Crippen LogP contribution in [0.1, 0.15) is 11.1 Å². The Hall–Kier alpha value is -1.23. The summed E-state index contributed by atoms with van der Waals surface area (Å²) in [5.41, 5.74) is 2.61. The molecule has 0 spiro atoms. The Morgan fingerprint density at radius 1 is 0.947 bits per heavy atom. The van der Waals surface area contributed by atoms with Crippen LogP contribution in [-0.4, -0.2) is 66.1 Å². The third-order valence-corrected chi connectivity index (χ3v) is 4.32. The van der Waals surface area contributed by atoms with Crippen LogP contribution in [0.25, 0.3) is 0 Å². The first kappa shape index (κ1) is 11.6. The monoisotopic (exact) mass is 256 g/mol. The van der Waals surface area contributed by atoms with E-state index >= 15 is 0 Å². The Kier molecular flexibility index (Phi) is 2.52. The number of nitrogens with zero attached hydrogens (tertiary/aromatic N) is 4. The van der Waals surface area contributed by atoms with Gasteiger partial charge in [-0.3, -0.25) is 19.7 Å². The molecular formula is C15H20N4. The van der Waals surface area contributed by atoms with Crippen molar-refractivity contribution in [2.24, 2.45) is 4.99 Å². The molecule has 4 fully saturated rings. The van der Waals surface area contributed by atoms with Gasteiger partial charge in [-0.15, -0.1) is 0 Å². The summed E-state index contributed by atoms with van der Waals surface area (Å²) in [7, 11) is 0. The minimum absolute atomic E-state index is 0.0969. The number of hydrogen-bond acceptors (Lipinski definition) is 4. The summed E-state index contributed by atoms with van der Waals surface area (Å²) >= 11 is 0. The Bertz CT molecular complexity index is 470. The van der Waals surface area contributed by atoms with E-state index in [1.54, 1.807) is 0 Å². The molecule has 0 unspecified atom stereocenters. The molecule has 19 heavy (non-hydrogen) atoms. The zero-order valence-corrected chi connectivity index (χ0v) is 11.4. The van der Waals surface area contributed by atoms with E-state index < -0.39 is 0 Å². The summed E-state index contributed by atoms with van der Waals surface area (Å²) in [4.78, 5) is 12.5. The van der Waals surface area contributed by atoms with Crippen molar-refractivity contribution >= 4 is 6.21 Å². The molecule has 0 radical (unpaired) electrons. The summed E-state index contributed by atoms with van der Waals surface area (Å²) in [6.07, 6.45) is 2.07. The summed E-state index contributed by atoms with van der Waals surface area (Å²) < 4.78 is 0. The van der Waals surface area contributed by atoms with Gasteiger partial charge in [0.1, 0.15) is 0 Å². The van der Waals surface area contributed by atoms with Crippen LogP contribution in [0.5, 0.6) is 0 Å². The molecule has 1 aromatic carbocycles. The maximum absolute atomic E-state index is 4.97. The fourth-order valence-corrected chi connectivity index (χ4v) is 3.67. The largest absolute Gasteiger partial charge is 0.282 e. The van der Waals surface area contributed by atoms with Crippen LogP contribution in [-0.2, 0) is 0 Å². The van der Waals surface area contributed by atoms with Gasteiger partial charge in [0, 0.05) is 25.8 Å². The molecule has 0 amide bonds. The number of aryl methyl sites for hydroxylation is 1. The quantitative estimate of drug-likeness (QED) is 0.736. The van der Waals surface area contributed by atoms with E-state index in [2.05, 4.69) is 52.1 Å². The molecule has 1 aromatic rings. The van der Waals surface area contributed by atoms with E-state index in [1.807, 2.05) is 0 Å². The average molecular weight is 256 g/mol. The van der Waals surface area contributed by atoms with Crippen LogP contribution in [0, 0.1) is 6.92 Å². The number of hydrogen-bond donors (Lipinski definition) is 0. The molecule has 0 saturated carbocycles. The van der Waals surface area contributed by atoms with Crippen molar-refractivity contribution in [3.63, 3.8) is 0 Å². The first-order valence-corrected chi connectivity index (χ1v) is 7.00. The molecule has 100 valence electrons. The van der Waals surface area contributed by atoms with E-state index in [-0.39, 0.29) is 5.54 Å². The van der Waals surface area contributed by atoms with Crippen LogP contribution < -0.4 is 0 Å². The summed E-state index contributed by atoms with van der Waals surface area (Å²) in [6, 6.07) is 8.61. The lowest BCUT2D eigenvalue weighted by Crippen LogP contribution is -2.75. The van der Waals surface area contributed by atoms with Crippen molar-refractivity contribution in [1.82, 2.24) is 14.7 Å². The number of aliphatic imine (C=N–C) groups is 1. The molecule has 4 heterocycles. The van der Waals surface area contributed by atoms with Gasteiger partial charge in [0.25, 0.3) is 0 Å². The lowest BCUT2D eigenvalue weighted by atomic mass is 9.91. The summed E-state index contributed by atoms with van der Waals surface area (Å²) in [6.45, 7) is 8.83.